The molecule has 0 heterocycles. The van der Waals surface area contributed by atoms with E-state index in [1.165, 1.54) is 30.7 Å². The molecule has 0 unspecified atom stereocenters. The van der Waals surface area contributed by atoms with Crippen LogP contribution in [0.3, 0.4) is 0 Å². The minimum Gasteiger partial charge on any atom is -0.288 e. The van der Waals surface area contributed by atoms with Crippen LogP contribution in [0.4, 0.5) is 5.69 Å². The molecule has 0 saturated heterocycles. The number of carbonyl (C=O) groups excluding carboxylic acids is 1. The second-order valence-corrected chi connectivity index (χ2v) is 7.05. The highest BCUT2D eigenvalue weighted by molar-refractivity contribution is 7.92. The molecule has 0 bridgehead atoms. The number of amides is 1. The van der Waals surface area contributed by atoms with Crippen LogP contribution in [0.1, 0.15) is 5.56 Å². The van der Waals surface area contributed by atoms with Gasteiger partial charge in [-0.05, 0) is 23.8 Å². The highest BCUT2D eigenvalue weighted by Gasteiger charge is 2.23. The minimum atomic E-state index is -3.77. The topological polar surface area (TPSA) is 86.7 Å². The zero-order valence-corrected chi connectivity index (χ0v) is 14.4. The third-order valence-corrected chi connectivity index (χ3v) is 5.36. The molecule has 0 saturated carbocycles. The average Bonchev–Trinajstić information content (AvgIpc) is 2.66. The second kappa shape index (κ2) is 7.78. The number of nitrogens with zero attached hydrogens (tertiary/aromatic N) is 1. The quantitative estimate of drug-likeness (QED) is 0.360. The minimum absolute atomic E-state index is 0.157. The third kappa shape index (κ3) is 3.96. The number of hydrogen-bond donors (Lipinski definition) is 2. The number of sulfonamides is 1. The van der Waals surface area contributed by atoms with Gasteiger partial charge in [0.15, 0.2) is 0 Å². The summed E-state index contributed by atoms with van der Waals surface area (Å²) in [6, 6.07) is 14.8. The predicted molar refractivity (Wildman–Crippen MR) is 96.6 cm³/mol. The van der Waals surface area contributed by atoms with Gasteiger partial charge in [0.1, 0.15) is 0 Å². The summed E-state index contributed by atoms with van der Waals surface area (Å²) in [6.07, 6.45) is 2.55. The number of hydrogen-bond acceptors (Lipinski definition) is 4. The van der Waals surface area contributed by atoms with Crippen molar-refractivity contribution in [3.05, 3.63) is 78.9 Å². The Morgan fingerprint density at radius 3 is 2.32 bits per heavy atom. The molecule has 0 aliphatic carbocycles. The summed E-state index contributed by atoms with van der Waals surface area (Å²) < 4.78 is 26.8. The van der Waals surface area contributed by atoms with Gasteiger partial charge in [0, 0.05) is 18.7 Å². The third-order valence-electron chi connectivity index (χ3n) is 3.57. The molecule has 7 heteroatoms. The van der Waals surface area contributed by atoms with E-state index in [0.29, 0.717) is 16.8 Å². The Bertz CT molecular complexity index is 906. The van der Waals surface area contributed by atoms with Gasteiger partial charge in [0.25, 0.3) is 15.9 Å². The normalized spacial score (nSPS) is 11.7. The van der Waals surface area contributed by atoms with Gasteiger partial charge in [0.2, 0.25) is 0 Å². The fourth-order valence-corrected chi connectivity index (χ4v) is 3.53. The summed E-state index contributed by atoms with van der Waals surface area (Å²) >= 11 is 0. The van der Waals surface area contributed by atoms with Crippen LogP contribution >= 0.6 is 0 Å². The lowest BCUT2D eigenvalue weighted by Crippen LogP contribution is -2.27. The molecule has 6 nitrogen and oxygen atoms in total. The van der Waals surface area contributed by atoms with E-state index < -0.39 is 15.9 Å². The second-order valence-electron chi connectivity index (χ2n) is 5.08. The SMILES string of the molecule is C=CC(=CC(=O)NO)c1ccccc1N(C)S(=O)(=O)c1ccccc1. The number of rotatable bonds is 6. The smallest absolute Gasteiger partial charge is 0.267 e. The van der Waals surface area contributed by atoms with Crippen LogP contribution in [0.5, 0.6) is 0 Å². The lowest BCUT2D eigenvalue weighted by atomic mass is 10.0. The molecule has 0 fully saturated rings. The number of nitrogens with one attached hydrogen (secondary N) is 1. The van der Waals surface area contributed by atoms with Crippen LogP contribution in [0, 0.1) is 0 Å². The molecule has 2 N–H and O–H groups in total. The van der Waals surface area contributed by atoms with Gasteiger partial charge in [-0.1, -0.05) is 49.1 Å². The first-order valence-corrected chi connectivity index (χ1v) is 8.77. The number of allylic oxidation sites excluding steroid dienone is 2. The number of hydroxylamine groups is 1. The van der Waals surface area contributed by atoms with Crippen molar-refractivity contribution >= 4 is 27.2 Å². The van der Waals surface area contributed by atoms with Crippen molar-refractivity contribution in [3.8, 4) is 0 Å². The van der Waals surface area contributed by atoms with Gasteiger partial charge >= 0.3 is 0 Å². The van der Waals surface area contributed by atoms with E-state index in [-0.39, 0.29) is 4.90 Å². The molecule has 0 spiro atoms. The molecular weight excluding hydrogens is 340 g/mol. The molecule has 0 aliphatic rings. The molecule has 0 aliphatic heterocycles. The number of para-hydroxylation sites is 1. The molecule has 25 heavy (non-hydrogen) atoms. The summed E-state index contributed by atoms with van der Waals surface area (Å²) in [5.41, 5.74) is 2.75. The summed E-state index contributed by atoms with van der Waals surface area (Å²) in [5, 5.41) is 8.70. The van der Waals surface area contributed by atoms with Crippen LogP contribution < -0.4 is 9.79 Å². The van der Waals surface area contributed by atoms with Gasteiger partial charge in [0.05, 0.1) is 10.6 Å². The van der Waals surface area contributed by atoms with E-state index >= 15 is 0 Å². The van der Waals surface area contributed by atoms with Crippen LogP contribution in [0.25, 0.3) is 5.57 Å². The standard InChI is InChI=1S/C18H18N2O4S/c1-3-14(13-18(21)19-22)16-11-7-8-12-17(16)20(2)25(23,24)15-9-5-4-6-10-15/h3-13,22H,1H2,2H3,(H,19,21). The van der Waals surface area contributed by atoms with Gasteiger partial charge in [-0.3, -0.25) is 14.3 Å². The van der Waals surface area contributed by atoms with Gasteiger partial charge in [-0.15, -0.1) is 0 Å². The molecule has 2 aromatic rings. The van der Waals surface area contributed by atoms with Crippen molar-refractivity contribution in [1.29, 1.82) is 0 Å². The summed E-state index contributed by atoms with van der Waals surface area (Å²) in [6.45, 7) is 3.65. The summed E-state index contributed by atoms with van der Waals surface area (Å²) in [7, 11) is -2.33. The van der Waals surface area contributed by atoms with E-state index in [4.69, 9.17) is 5.21 Å². The molecule has 1 amide bonds. The number of anilines is 1. The van der Waals surface area contributed by atoms with Crippen LogP contribution in [0.2, 0.25) is 0 Å². The zero-order valence-electron chi connectivity index (χ0n) is 13.6. The maximum Gasteiger partial charge on any atom is 0.267 e. The van der Waals surface area contributed by atoms with Crippen LogP contribution in [-0.2, 0) is 14.8 Å². The fourth-order valence-electron chi connectivity index (χ4n) is 2.29. The predicted octanol–water partition coefficient (Wildman–Crippen LogP) is 2.59. The van der Waals surface area contributed by atoms with Gasteiger partial charge in [-0.2, -0.15) is 0 Å². The molecule has 130 valence electrons. The Labute approximate surface area is 146 Å². The van der Waals surface area contributed by atoms with E-state index in [1.807, 2.05) is 0 Å². The first kappa shape index (κ1) is 18.4. The number of benzene rings is 2. The van der Waals surface area contributed by atoms with Crippen molar-refractivity contribution in [1.82, 2.24) is 5.48 Å². The van der Waals surface area contributed by atoms with E-state index in [1.54, 1.807) is 42.5 Å². The van der Waals surface area contributed by atoms with E-state index in [9.17, 15) is 13.2 Å². The molecule has 2 rings (SSSR count). The molecule has 0 aromatic heterocycles. The van der Waals surface area contributed by atoms with Gasteiger partial charge < -0.3 is 0 Å². The van der Waals surface area contributed by atoms with Gasteiger partial charge in [-0.25, -0.2) is 13.9 Å². The Morgan fingerprint density at radius 1 is 1.12 bits per heavy atom. The maximum absolute atomic E-state index is 12.8. The first-order chi connectivity index (χ1) is 11.9. The maximum atomic E-state index is 12.8. The largest absolute Gasteiger partial charge is 0.288 e. The monoisotopic (exact) mass is 358 g/mol. The number of carbonyl (C=O) groups is 1. The highest BCUT2D eigenvalue weighted by Crippen LogP contribution is 2.30. The lowest BCUT2D eigenvalue weighted by molar-refractivity contribution is -0.124. The Balaban J connectivity index is 2.56. The first-order valence-electron chi connectivity index (χ1n) is 7.33. The average molecular weight is 358 g/mol. The van der Waals surface area contributed by atoms with Crippen LogP contribution in [-0.4, -0.2) is 26.6 Å². The Hall–Kier alpha value is -2.90. The Morgan fingerprint density at radius 2 is 1.72 bits per heavy atom. The summed E-state index contributed by atoms with van der Waals surface area (Å²) in [4.78, 5) is 11.6. The van der Waals surface area contributed by atoms with Crippen molar-refractivity contribution in [2.24, 2.45) is 0 Å². The van der Waals surface area contributed by atoms with Crippen LogP contribution in [0.15, 0.2) is 78.2 Å². The fraction of sp³-hybridized carbons (Fsp3) is 0.0556. The molecule has 0 atom stereocenters. The molecule has 2 aromatic carbocycles. The lowest BCUT2D eigenvalue weighted by Gasteiger charge is -2.22. The van der Waals surface area contributed by atoms with Crippen molar-refractivity contribution in [2.75, 3.05) is 11.4 Å². The Kier molecular flexibility index (Phi) is 5.74. The summed E-state index contributed by atoms with van der Waals surface area (Å²) in [5.74, 6) is -0.738. The molecular formula is C18H18N2O4S. The zero-order chi connectivity index (χ0) is 18.4. The highest BCUT2D eigenvalue weighted by atomic mass is 32.2. The van der Waals surface area contributed by atoms with E-state index in [0.717, 1.165) is 10.4 Å². The van der Waals surface area contributed by atoms with Crippen molar-refractivity contribution in [3.63, 3.8) is 0 Å². The van der Waals surface area contributed by atoms with Crippen molar-refractivity contribution < 1.29 is 18.4 Å². The molecule has 0 radical (unpaired) electrons. The van der Waals surface area contributed by atoms with Crippen molar-refractivity contribution in [2.45, 2.75) is 4.90 Å². The van der Waals surface area contributed by atoms with E-state index in [2.05, 4.69) is 6.58 Å².